The minimum absolute atomic E-state index is 0.0155. The van der Waals surface area contributed by atoms with Crippen molar-refractivity contribution in [3.05, 3.63) is 57.6 Å². The van der Waals surface area contributed by atoms with Crippen LogP contribution in [0.2, 0.25) is 0 Å². The molecule has 0 aliphatic rings. The SMILES string of the molecule is CCN(CC)S(=O)(=O)c1ccc(OC)c(NC(=O)CNC(=O)c2ccc(C)c([N+](=O)[O-])c2)c1. The summed E-state index contributed by atoms with van der Waals surface area (Å²) < 4.78 is 32.0. The molecule has 0 spiro atoms. The first-order valence-electron chi connectivity index (χ1n) is 10.1. The van der Waals surface area contributed by atoms with Crippen molar-refractivity contribution in [2.45, 2.75) is 25.7 Å². The van der Waals surface area contributed by atoms with Gasteiger partial charge in [0.1, 0.15) is 5.75 Å². The fraction of sp³-hybridized carbons (Fsp3) is 0.333. The van der Waals surface area contributed by atoms with Gasteiger partial charge in [-0.15, -0.1) is 0 Å². The molecule has 0 unspecified atom stereocenters. The minimum Gasteiger partial charge on any atom is -0.495 e. The number of nitrogens with zero attached hydrogens (tertiary/aromatic N) is 2. The highest BCUT2D eigenvalue weighted by molar-refractivity contribution is 7.89. The summed E-state index contributed by atoms with van der Waals surface area (Å²) in [6.45, 7) is 5.12. The van der Waals surface area contributed by atoms with Crippen molar-refractivity contribution in [2.24, 2.45) is 0 Å². The van der Waals surface area contributed by atoms with Crippen LogP contribution in [0.1, 0.15) is 29.8 Å². The van der Waals surface area contributed by atoms with Crippen molar-refractivity contribution in [1.82, 2.24) is 9.62 Å². The summed E-state index contributed by atoms with van der Waals surface area (Å²) in [5.74, 6) is -1.07. The maximum atomic E-state index is 12.8. The number of nitro groups is 1. The molecule has 0 fully saturated rings. The zero-order chi connectivity index (χ0) is 24.8. The first-order chi connectivity index (χ1) is 15.5. The van der Waals surface area contributed by atoms with Crippen LogP contribution in [-0.2, 0) is 14.8 Å². The zero-order valence-electron chi connectivity index (χ0n) is 18.7. The third kappa shape index (κ3) is 6.05. The molecule has 0 saturated heterocycles. The summed E-state index contributed by atoms with van der Waals surface area (Å²) >= 11 is 0. The van der Waals surface area contributed by atoms with E-state index < -0.39 is 33.3 Å². The largest absolute Gasteiger partial charge is 0.495 e. The number of benzene rings is 2. The van der Waals surface area contributed by atoms with Crippen LogP contribution in [0.3, 0.4) is 0 Å². The van der Waals surface area contributed by atoms with Crippen molar-refractivity contribution in [2.75, 3.05) is 32.1 Å². The van der Waals surface area contributed by atoms with Gasteiger partial charge in [-0.2, -0.15) is 4.31 Å². The Morgan fingerprint density at radius 2 is 1.79 bits per heavy atom. The van der Waals surface area contributed by atoms with Gasteiger partial charge >= 0.3 is 0 Å². The summed E-state index contributed by atoms with van der Waals surface area (Å²) in [5, 5.41) is 16.0. The van der Waals surface area contributed by atoms with E-state index in [0.717, 1.165) is 6.07 Å². The molecule has 178 valence electrons. The quantitative estimate of drug-likeness (QED) is 0.393. The number of anilines is 1. The number of sulfonamides is 1. The fourth-order valence-electron chi connectivity index (χ4n) is 3.06. The lowest BCUT2D eigenvalue weighted by atomic mass is 10.1. The maximum absolute atomic E-state index is 12.8. The van der Waals surface area contributed by atoms with Gasteiger partial charge in [-0.1, -0.05) is 19.9 Å². The van der Waals surface area contributed by atoms with Crippen LogP contribution in [0.15, 0.2) is 41.3 Å². The van der Waals surface area contributed by atoms with E-state index in [4.69, 9.17) is 4.74 Å². The number of rotatable bonds is 10. The Bertz CT molecular complexity index is 1160. The molecule has 0 bridgehead atoms. The first-order valence-corrected chi connectivity index (χ1v) is 11.5. The van der Waals surface area contributed by atoms with Crippen LogP contribution < -0.4 is 15.4 Å². The summed E-state index contributed by atoms with van der Waals surface area (Å²) in [6, 6.07) is 8.09. The average molecular weight is 479 g/mol. The number of ether oxygens (including phenoxy) is 1. The number of aryl methyl sites for hydroxylation is 1. The van der Waals surface area contributed by atoms with Crippen LogP contribution >= 0.6 is 0 Å². The topological polar surface area (TPSA) is 148 Å². The predicted octanol–water partition coefficient (Wildman–Crippen LogP) is 2.31. The standard InChI is InChI=1S/C21H26N4O7S/c1-5-24(6-2)33(30,31)16-9-10-19(32-4)17(12-16)23-20(26)13-22-21(27)15-8-7-14(3)18(11-15)25(28)29/h7-12H,5-6,13H2,1-4H3,(H,22,27)(H,23,26). The average Bonchev–Trinajstić information content (AvgIpc) is 2.78. The fourth-order valence-corrected chi connectivity index (χ4v) is 4.55. The molecule has 2 rings (SSSR count). The Hall–Kier alpha value is -3.51. The molecule has 0 aromatic heterocycles. The molecule has 2 amide bonds. The number of nitrogens with one attached hydrogen (secondary N) is 2. The van der Waals surface area contributed by atoms with E-state index in [1.54, 1.807) is 20.8 Å². The van der Waals surface area contributed by atoms with Crippen LogP contribution in [0.25, 0.3) is 0 Å². The van der Waals surface area contributed by atoms with Gasteiger partial charge in [0.2, 0.25) is 15.9 Å². The molecule has 0 heterocycles. The van der Waals surface area contributed by atoms with E-state index >= 15 is 0 Å². The highest BCUT2D eigenvalue weighted by Crippen LogP contribution is 2.29. The maximum Gasteiger partial charge on any atom is 0.273 e. The van der Waals surface area contributed by atoms with Gasteiger partial charge in [0, 0.05) is 30.3 Å². The number of hydrogen-bond donors (Lipinski definition) is 2. The molecule has 11 nitrogen and oxygen atoms in total. The monoisotopic (exact) mass is 478 g/mol. The number of hydrogen-bond acceptors (Lipinski definition) is 7. The predicted molar refractivity (Wildman–Crippen MR) is 122 cm³/mol. The molecule has 2 aromatic rings. The van der Waals surface area contributed by atoms with E-state index in [1.807, 2.05) is 0 Å². The lowest BCUT2D eigenvalue weighted by Gasteiger charge is -2.19. The number of carbonyl (C=O) groups excluding carboxylic acids is 2. The molecule has 0 aliphatic heterocycles. The third-order valence-corrected chi connectivity index (χ3v) is 6.91. The lowest BCUT2D eigenvalue weighted by Crippen LogP contribution is -2.33. The molecular weight excluding hydrogens is 452 g/mol. The second-order valence-electron chi connectivity index (χ2n) is 6.94. The Morgan fingerprint density at radius 3 is 2.36 bits per heavy atom. The number of methoxy groups -OCH3 is 1. The van der Waals surface area contributed by atoms with Gasteiger partial charge in [0.25, 0.3) is 11.6 Å². The second kappa shape index (κ2) is 10.9. The number of carbonyl (C=O) groups is 2. The van der Waals surface area contributed by atoms with Crippen LogP contribution in [0.4, 0.5) is 11.4 Å². The van der Waals surface area contributed by atoms with Crippen LogP contribution in [0.5, 0.6) is 5.75 Å². The summed E-state index contributed by atoms with van der Waals surface area (Å²) in [4.78, 5) is 35.2. The molecule has 0 radical (unpaired) electrons. The van der Waals surface area contributed by atoms with Crippen LogP contribution in [-0.4, -0.2) is 56.2 Å². The Balaban J connectivity index is 2.16. The van der Waals surface area contributed by atoms with Gasteiger partial charge in [-0.25, -0.2) is 8.42 Å². The van der Waals surface area contributed by atoms with Crippen molar-refractivity contribution in [3.8, 4) is 5.75 Å². The summed E-state index contributed by atoms with van der Waals surface area (Å²) in [7, 11) is -2.39. The van der Waals surface area contributed by atoms with Crippen molar-refractivity contribution in [3.63, 3.8) is 0 Å². The molecule has 12 heteroatoms. The minimum atomic E-state index is -3.76. The lowest BCUT2D eigenvalue weighted by molar-refractivity contribution is -0.385. The Labute approximate surface area is 191 Å². The normalized spacial score (nSPS) is 11.2. The molecular formula is C21H26N4O7S. The van der Waals surface area contributed by atoms with E-state index in [1.165, 1.54) is 41.7 Å². The van der Waals surface area contributed by atoms with E-state index in [0.29, 0.717) is 5.56 Å². The van der Waals surface area contributed by atoms with Gasteiger partial charge < -0.3 is 15.4 Å². The van der Waals surface area contributed by atoms with E-state index in [-0.39, 0.29) is 40.7 Å². The molecule has 2 aromatic carbocycles. The number of nitro benzene ring substituents is 1. The van der Waals surface area contributed by atoms with Crippen molar-refractivity contribution >= 4 is 33.2 Å². The highest BCUT2D eigenvalue weighted by Gasteiger charge is 2.23. The summed E-state index contributed by atoms with van der Waals surface area (Å²) in [6.07, 6.45) is 0. The van der Waals surface area contributed by atoms with E-state index in [9.17, 15) is 28.1 Å². The zero-order valence-corrected chi connectivity index (χ0v) is 19.6. The second-order valence-corrected chi connectivity index (χ2v) is 8.88. The Kier molecular flexibility index (Phi) is 8.49. The van der Waals surface area contributed by atoms with Crippen LogP contribution in [0, 0.1) is 17.0 Å². The number of amides is 2. The highest BCUT2D eigenvalue weighted by atomic mass is 32.2. The van der Waals surface area contributed by atoms with E-state index in [2.05, 4.69) is 10.6 Å². The summed E-state index contributed by atoms with van der Waals surface area (Å²) in [5.41, 5.74) is 0.352. The smallest absolute Gasteiger partial charge is 0.273 e. The molecule has 0 aliphatic carbocycles. The van der Waals surface area contributed by atoms with Crippen molar-refractivity contribution < 1.29 is 27.7 Å². The molecule has 0 atom stereocenters. The van der Waals surface area contributed by atoms with Crippen molar-refractivity contribution in [1.29, 1.82) is 0 Å². The van der Waals surface area contributed by atoms with Gasteiger partial charge in [-0.05, 0) is 31.2 Å². The first kappa shape index (κ1) is 25.7. The Morgan fingerprint density at radius 1 is 1.12 bits per heavy atom. The third-order valence-electron chi connectivity index (χ3n) is 4.87. The molecule has 33 heavy (non-hydrogen) atoms. The van der Waals surface area contributed by atoms with Gasteiger partial charge in [0.05, 0.1) is 29.2 Å². The van der Waals surface area contributed by atoms with Gasteiger partial charge in [-0.3, -0.25) is 19.7 Å². The van der Waals surface area contributed by atoms with Gasteiger partial charge in [0.15, 0.2) is 0 Å². The molecule has 0 saturated carbocycles. The molecule has 2 N–H and O–H groups in total.